The van der Waals surface area contributed by atoms with E-state index in [1.165, 1.54) is 12.0 Å². The molecule has 0 spiro atoms. The number of sulfonamides is 1. The molecule has 0 atom stereocenters. The fourth-order valence-electron chi connectivity index (χ4n) is 4.01. The molecule has 10 nitrogen and oxygen atoms in total. The van der Waals surface area contributed by atoms with Crippen molar-refractivity contribution >= 4 is 33.4 Å². The smallest absolute Gasteiger partial charge is 0.407 e. The summed E-state index contributed by atoms with van der Waals surface area (Å²) in [7, 11) is 0.703. The summed E-state index contributed by atoms with van der Waals surface area (Å²) >= 11 is 0. The van der Waals surface area contributed by atoms with Gasteiger partial charge in [0.25, 0.3) is 15.9 Å². The van der Waals surface area contributed by atoms with Crippen molar-refractivity contribution in [3.05, 3.63) is 71.8 Å². The number of alkyl carbamates (subject to hydrolysis) is 1. The van der Waals surface area contributed by atoms with E-state index in [-0.39, 0.29) is 16.6 Å². The predicted molar refractivity (Wildman–Crippen MR) is 161 cm³/mol. The van der Waals surface area contributed by atoms with Crippen molar-refractivity contribution in [1.29, 1.82) is 0 Å². The van der Waals surface area contributed by atoms with E-state index in [1.54, 1.807) is 89.5 Å². The Morgan fingerprint density at radius 3 is 2.27 bits per heavy atom. The number of amides is 2. The molecule has 3 aromatic carbocycles. The Kier molecular flexibility index (Phi) is 9.88. The van der Waals surface area contributed by atoms with Gasteiger partial charge >= 0.3 is 6.09 Å². The maximum atomic E-state index is 13.6. The molecule has 3 N–H and O–H groups in total. The van der Waals surface area contributed by atoms with Crippen LogP contribution < -0.4 is 20.1 Å². The van der Waals surface area contributed by atoms with Gasteiger partial charge in [0.2, 0.25) is 0 Å². The Morgan fingerprint density at radius 1 is 0.927 bits per heavy atom. The molecule has 0 fully saturated rings. The maximum absolute atomic E-state index is 13.6. The molecule has 0 saturated carbocycles. The SMILES string of the molecule is COc1cc(C)c(-c2cccc(C(=O)N(C)C)c2)cc1S(=O)(=O)Nc1cccc(NCCNC(=O)OC(C)(C)C)c1. The van der Waals surface area contributed by atoms with E-state index in [4.69, 9.17) is 9.47 Å². The van der Waals surface area contributed by atoms with Crippen LogP contribution in [0.5, 0.6) is 5.75 Å². The summed E-state index contributed by atoms with van der Waals surface area (Å²) < 4.78 is 40.4. The number of hydrogen-bond donors (Lipinski definition) is 3. The number of aryl methyl sites for hydroxylation is 1. The largest absolute Gasteiger partial charge is 0.495 e. The van der Waals surface area contributed by atoms with Crippen LogP contribution in [0.25, 0.3) is 11.1 Å². The van der Waals surface area contributed by atoms with E-state index < -0.39 is 21.7 Å². The number of ether oxygens (including phenoxy) is 2. The average molecular weight is 583 g/mol. The van der Waals surface area contributed by atoms with Crippen LogP contribution in [0.4, 0.5) is 16.2 Å². The second-order valence-electron chi connectivity index (χ2n) is 10.6. The standard InChI is InChI=1S/C30H38N4O6S/c1-20-16-26(39-7)27(19-25(20)21-10-8-11-22(17-21)28(35)34(5)6)41(37,38)33-24-13-9-12-23(18-24)31-14-15-32-29(36)40-30(2,3)4/h8-13,16-19,31,33H,14-15H2,1-7H3,(H,32,36). The first-order valence-corrected chi connectivity index (χ1v) is 14.5. The zero-order valence-electron chi connectivity index (χ0n) is 24.5. The zero-order chi connectivity index (χ0) is 30.4. The van der Waals surface area contributed by atoms with Gasteiger partial charge in [-0.1, -0.05) is 18.2 Å². The lowest BCUT2D eigenvalue weighted by Crippen LogP contribution is -2.34. The Balaban J connectivity index is 1.81. The molecule has 0 radical (unpaired) electrons. The summed E-state index contributed by atoms with van der Waals surface area (Å²) in [6, 6.07) is 17.1. The van der Waals surface area contributed by atoms with Crippen molar-refractivity contribution in [2.45, 2.75) is 38.2 Å². The minimum Gasteiger partial charge on any atom is -0.495 e. The summed E-state index contributed by atoms with van der Waals surface area (Å²) in [5.74, 6) is 0.0448. The number of methoxy groups -OCH3 is 1. The highest BCUT2D eigenvalue weighted by molar-refractivity contribution is 7.92. The molecular weight excluding hydrogens is 544 g/mol. The van der Waals surface area contributed by atoms with Gasteiger partial charge in [0, 0.05) is 38.4 Å². The quantitative estimate of drug-likeness (QED) is 0.284. The van der Waals surface area contributed by atoms with Crippen LogP contribution in [-0.4, -0.2) is 65.2 Å². The molecule has 0 bridgehead atoms. The fraction of sp³-hybridized carbons (Fsp3) is 0.333. The summed E-state index contributed by atoms with van der Waals surface area (Å²) in [5.41, 5.74) is 3.08. The van der Waals surface area contributed by atoms with Crippen LogP contribution in [0.1, 0.15) is 36.7 Å². The predicted octanol–water partition coefficient (Wildman–Crippen LogP) is 5.11. The summed E-state index contributed by atoms with van der Waals surface area (Å²) in [6.45, 7) is 7.94. The first kappa shape index (κ1) is 31.3. The van der Waals surface area contributed by atoms with E-state index >= 15 is 0 Å². The maximum Gasteiger partial charge on any atom is 0.407 e. The van der Waals surface area contributed by atoms with Gasteiger partial charge in [-0.15, -0.1) is 0 Å². The van der Waals surface area contributed by atoms with Crippen LogP contribution in [0.15, 0.2) is 65.6 Å². The molecule has 3 aromatic rings. The van der Waals surface area contributed by atoms with Gasteiger partial charge in [0.15, 0.2) is 0 Å². The number of rotatable bonds is 10. The average Bonchev–Trinajstić information content (AvgIpc) is 2.89. The topological polar surface area (TPSA) is 126 Å². The fourth-order valence-corrected chi connectivity index (χ4v) is 5.24. The Morgan fingerprint density at radius 2 is 1.61 bits per heavy atom. The second-order valence-corrected chi connectivity index (χ2v) is 12.3. The molecule has 0 aliphatic rings. The van der Waals surface area contributed by atoms with Crippen molar-refractivity contribution in [1.82, 2.24) is 10.2 Å². The lowest BCUT2D eigenvalue weighted by atomic mass is 9.98. The monoisotopic (exact) mass is 582 g/mol. The van der Waals surface area contributed by atoms with Crippen molar-refractivity contribution in [2.75, 3.05) is 44.3 Å². The first-order chi connectivity index (χ1) is 19.2. The Labute approximate surface area is 242 Å². The molecule has 220 valence electrons. The van der Waals surface area contributed by atoms with Gasteiger partial charge in [-0.25, -0.2) is 13.2 Å². The highest BCUT2D eigenvalue weighted by atomic mass is 32.2. The molecular formula is C30H38N4O6S. The van der Waals surface area contributed by atoms with Crippen LogP contribution in [0, 0.1) is 6.92 Å². The van der Waals surface area contributed by atoms with Gasteiger partial charge in [0.1, 0.15) is 16.2 Å². The number of benzene rings is 3. The summed E-state index contributed by atoms with van der Waals surface area (Å²) in [4.78, 5) is 25.8. The van der Waals surface area contributed by atoms with Crippen LogP contribution in [0.3, 0.4) is 0 Å². The van der Waals surface area contributed by atoms with Crippen molar-refractivity contribution in [3.8, 4) is 16.9 Å². The third-order valence-corrected chi connectivity index (χ3v) is 7.27. The van der Waals surface area contributed by atoms with Gasteiger partial charge in [-0.2, -0.15) is 0 Å². The second kappa shape index (κ2) is 12.9. The van der Waals surface area contributed by atoms with E-state index in [1.807, 2.05) is 13.0 Å². The zero-order valence-corrected chi connectivity index (χ0v) is 25.3. The molecule has 41 heavy (non-hydrogen) atoms. The number of nitrogens with one attached hydrogen (secondary N) is 3. The van der Waals surface area contributed by atoms with Crippen molar-refractivity contribution in [2.24, 2.45) is 0 Å². The number of hydrogen-bond acceptors (Lipinski definition) is 7. The highest BCUT2D eigenvalue weighted by Crippen LogP contribution is 2.34. The van der Waals surface area contributed by atoms with Crippen LogP contribution in [0.2, 0.25) is 0 Å². The molecule has 0 saturated heterocycles. The Bertz CT molecular complexity index is 1510. The molecule has 0 aliphatic heterocycles. The summed E-state index contributed by atoms with van der Waals surface area (Å²) in [6.07, 6.45) is -0.511. The number of carbonyl (C=O) groups excluding carboxylic acids is 2. The van der Waals surface area contributed by atoms with E-state index in [0.717, 1.165) is 5.56 Å². The highest BCUT2D eigenvalue weighted by Gasteiger charge is 2.23. The van der Waals surface area contributed by atoms with E-state index in [0.29, 0.717) is 41.2 Å². The molecule has 2 amide bonds. The van der Waals surface area contributed by atoms with Crippen molar-refractivity contribution in [3.63, 3.8) is 0 Å². The van der Waals surface area contributed by atoms with Crippen LogP contribution >= 0.6 is 0 Å². The van der Waals surface area contributed by atoms with Gasteiger partial charge in [-0.3, -0.25) is 9.52 Å². The molecule has 0 aliphatic carbocycles. The normalized spacial score (nSPS) is 11.4. The third kappa shape index (κ3) is 8.62. The third-order valence-electron chi connectivity index (χ3n) is 5.86. The number of carbonyl (C=O) groups is 2. The Hall–Kier alpha value is -4.25. The lowest BCUT2D eigenvalue weighted by molar-refractivity contribution is 0.0529. The molecule has 11 heteroatoms. The number of anilines is 2. The first-order valence-electron chi connectivity index (χ1n) is 13.0. The van der Waals surface area contributed by atoms with Crippen LogP contribution in [-0.2, 0) is 14.8 Å². The molecule has 0 unspecified atom stereocenters. The van der Waals surface area contributed by atoms with Gasteiger partial charge < -0.3 is 25.0 Å². The van der Waals surface area contributed by atoms with E-state index in [9.17, 15) is 18.0 Å². The minimum atomic E-state index is -4.07. The van der Waals surface area contributed by atoms with Gasteiger partial charge in [-0.05, 0) is 86.8 Å². The minimum absolute atomic E-state index is 0.0372. The number of nitrogens with zero attached hydrogens (tertiary/aromatic N) is 1. The molecule has 0 heterocycles. The van der Waals surface area contributed by atoms with E-state index in [2.05, 4.69) is 15.4 Å². The van der Waals surface area contributed by atoms with Gasteiger partial charge in [0.05, 0.1) is 12.8 Å². The van der Waals surface area contributed by atoms with Crippen molar-refractivity contribution < 1.29 is 27.5 Å². The molecule has 3 rings (SSSR count). The summed E-state index contributed by atoms with van der Waals surface area (Å²) in [5, 5.41) is 5.82. The molecule has 0 aromatic heterocycles. The lowest BCUT2D eigenvalue weighted by Gasteiger charge is -2.19.